The first-order valence-electron chi connectivity index (χ1n) is 5.14. The standard InChI is InChI=1S/C10H15N3OS/c1-6-5-11-9(14-6)7(2)12-10(15)13-8-3-4-8/h5,7-8H,3-4H2,1-2H3,(H2,12,13,15). The SMILES string of the molecule is Cc1cnc(C(C)NC(=S)NC2CC2)o1. The lowest BCUT2D eigenvalue weighted by molar-refractivity contribution is 0.428. The van der Waals surface area contributed by atoms with Gasteiger partial charge in [-0.2, -0.15) is 0 Å². The molecule has 1 aromatic rings. The molecule has 1 unspecified atom stereocenters. The van der Waals surface area contributed by atoms with E-state index in [1.807, 2.05) is 13.8 Å². The van der Waals surface area contributed by atoms with Crippen LogP contribution in [0.15, 0.2) is 10.6 Å². The summed E-state index contributed by atoms with van der Waals surface area (Å²) in [5.74, 6) is 1.49. The van der Waals surface area contributed by atoms with Crippen LogP contribution < -0.4 is 10.6 Å². The fourth-order valence-electron chi connectivity index (χ4n) is 1.29. The van der Waals surface area contributed by atoms with Crippen molar-refractivity contribution in [2.75, 3.05) is 0 Å². The van der Waals surface area contributed by atoms with Crippen LogP contribution in [0.2, 0.25) is 0 Å². The number of oxazole rings is 1. The molecule has 5 heteroatoms. The van der Waals surface area contributed by atoms with E-state index >= 15 is 0 Å². The van der Waals surface area contributed by atoms with Crippen LogP contribution in [-0.4, -0.2) is 16.1 Å². The highest BCUT2D eigenvalue weighted by Gasteiger charge is 2.22. The molecule has 1 saturated carbocycles. The van der Waals surface area contributed by atoms with Crippen molar-refractivity contribution in [2.45, 2.75) is 38.8 Å². The normalized spacial score (nSPS) is 17.2. The van der Waals surface area contributed by atoms with Gasteiger partial charge in [-0.1, -0.05) is 0 Å². The average Bonchev–Trinajstić information content (AvgIpc) is 2.85. The van der Waals surface area contributed by atoms with E-state index in [4.69, 9.17) is 16.6 Å². The number of hydrogen-bond donors (Lipinski definition) is 2. The molecule has 2 rings (SSSR count). The van der Waals surface area contributed by atoms with Crippen molar-refractivity contribution in [3.05, 3.63) is 17.8 Å². The third kappa shape index (κ3) is 2.92. The zero-order valence-corrected chi connectivity index (χ0v) is 9.73. The topological polar surface area (TPSA) is 50.1 Å². The second kappa shape index (κ2) is 4.18. The highest BCUT2D eigenvalue weighted by atomic mass is 32.1. The highest BCUT2D eigenvalue weighted by molar-refractivity contribution is 7.80. The van der Waals surface area contributed by atoms with E-state index in [0.717, 1.165) is 5.76 Å². The average molecular weight is 225 g/mol. The summed E-state index contributed by atoms with van der Waals surface area (Å²) in [5, 5.41) is 7.04. The summed E-state index contributed by atoms with van der Waals surface area (Å²) in [6, 6.07) is 0.584. The first-order chi connectivity index (χ1) is 7.15. The monoisotopic (exact) mass is 225 g/mol. The number of rotatable bonds is 3. The number of aromatic nitrogens is 1. The summed E-state index contributed by atoms with van der Waals surface area (Å²) in [7, 11) is 0. The Hall–Kier alpha value is -1.10. The summed E-state index contributed by atoms with van der Waals surface area (Å²) in [5.41, 5.74) is 0. The van der Waals surface area contributed by atoms with Crippen LogP contribution in [0.5, 0.6) is 0 Å². The Morgan fingerprint density at radius 3 is 2.93 bits per heavy atom. The van der Waals surface area contributed by atoms with Gasteiger partial charge >= 0.3 is 0 Å². The van der Waals surface area contributed by atoms with E-state index in [1.54, 1.807) is 6.20 Å². The number of aryl methyl sites for hydroxylation is 1. The van der Waals surface area contributed by atoms with Gasteiger partial charge in [0.1, 0.15) is 11.8 Å². The molecule has 0 saturated heterocycles. The van der Waals surface area contributed by atoms with Crippen LogP contribution in [0, 0.1) is 6.92 Å². The minimum absolute atomic E-state index is 0.0115. The number of nitrogens with zero attached hydrogens (tertiary/aromatic N) is 1. The van der Waals surface area contributed by atoms with Gasteiger partial charge in [0.2, 0.25) is 5.89 Å². The molecule has 1 aliphatic rings. The molecule has 1 heterocycles. The summed E-state index contributed by atoms with van der Waals surface area (Å²) >= 11 is 5.16. The summed E-state index contributed by atoms with van der Waals surface area (Å²) in [6.45, 7) is 3.86. The van der Waals surface area contributed by atoms with Crippen molar-refractivity contribution in [1.82, 2.24) is 15.6 Å². The minimum atomic E-state index is 0.0115. The maximum Gasteiger partial charge on any atom is 0.216 e. The van der Waals surface area contributed by atoms with E-state index in [1.165, 1.54) is 12.8 Å². The predicted octanol–water partition coefficient (Wildman–Crippen LogP) is 1.67. The summed E-state index contributed by atoms with van der Waals surface area (Å²) in [6.07, 6.45) is 4.15. The van der Waals surface area contributed by atoms with Crippen LogP contribution >= 0.6 is 12.2 Å². The molecule has 82 valence electrons. The van der Waals surface area contributed by atoms with Gasteiger partial charge in [-0.05, 0) is 38.9 Å². The maximum absolute atomic E-state index is 5.41. The van der Waals surface area contributed by atoms with Crippen LogP contribution in [-0.2, 0) is 0 Å². The molecule has 2 N–H and O–H groups in total. The van der Waals surface area contributed by atoms with Crippen molar-refractivity contribution in [3.8, 4) is 0 Å². The molecule has 0 bridgehead atoms. The van der Waals surface area contributed by atoms with Crippen molar-refractivity contribution in [1.29, 1.82) is 0 Å². The molecule has 1 atom stereocenters. The lowest BCUT2D eigenvalue weighted by Crippen LogP contribution is -2.38. The van der Waals surface area contributed by atoms with E-state index in [-0.39, 0.29) is 6.04 Å². The first-order valence-corrected chi connectivity index (χ1v) is 5.55. The van der Waals surface area contributed by atoms with Crippen LogP contribution in [0.4, 0.5) is 0 Å². The Labute approximate surface area is 94.5 Å². The third-order valence-electron chi connectivity index (χ3n) is 2.27. The van der Waals surface area contributed by atoms with Crippen LogP contribution in [0.1, 0.15) is 37.5 Å². The molecule has 0 amide bonds. The van der Waals surface area contributed by atoms with Crippen molar-refractivity contribution in [2.24, 2.45) is 0 Å². The maximum atomic E-state index is 5.41. The van der Waals surface area contributed by atoms with Gasteiger partial charge in [0.25, 0.3) is 0 Å². The summed E-state index contributed by atoms with van der Waals surface area (Å²) in [4.78, 5) is 4.15. The van der Waals surface area contributed by atoms with Gasteiger partial charge in [-0.25, -0.2) is 4.98 Å². The van der Waals surface area contributed by atoms with Crippen molar-refractivity contribution >= 4 is 17.3 Å². The number of hydrogen-bond acceptors (Lipinski definition) is 3. The second-order valence-corrected chi connectivity index (χ2v) is 4.33. The lowest BCUT2D eigenvalue weighted by atomic mass is 10.3. The Bertz CT molecular complexity index is 359. The van der Waals surface area contributed by atoms with Gasteiger partial charge in [0, 0.05) is 6.04 Å². The van der Waals surface area contributed by atoms with Crippen LogP contribution in [0.3, 0.4) is 0 Å². The molecule has 0 spiro atoms. The van der Waals surface area contributed by atoms with Crippen molar-refractivity contribution < 1.29 is 4.42 Å². The quantitative estimate of drug-likeness (QED) is 0.766. The molecule has 0 aromatic carbocycles. The Kier molecular flexibility index (Phi) is 2.90. The fourth-order valence-corrected chi connectivity index (χ4v) is 1.63. The molecular weight excluding hydrogens is 210 g/mol. The molecule has 0 radical (unpaired) electrons. The minimum Gasteiger partial charge on any atom is -0.444 e. The van der Waals surface area contributed by atoms with Gasteiger partial charge in [0.05, 0.1) is 6.20 Å². The Morgan fingerprint density at radius 2 is 2.40 bits per heavy atom. The predicted molar refractivity (Wildman–Crippen MR) is 61.5 cm³/mol. The Morgan fingerprint density at radius 1 is 1.67 bits per heavy atom. The van der Waals surface area contributed by atoms with Gasteiger partial charge < -0.3 is 15.1 Å². The molecular formula is C10H15N3OS. The van der Waals surface area contributed by atoms with E-state index in [0.29, 0.717) is 17.0 Å². The van der Waals surface area contributed by atoms with Crippen LogP contribution in [0.25, 0.3) is 0 Å². The Balaban J connectivity index is 1.85. The van der Waals surface area contributed by atoms with E-state index in [2.05, 4.69) is 15.6 Å². The molecule has 0 aliphatic heterocycles. The highest BCUT2D eigenvalue weighted by Crippen LogP contribution is 2.19. The van der Waals surface area contributed by atoms with Gasteiger partial charge in [-0.15, -0.1) is 0 Å². The zero-order chi connectivity index (χ0) is 10.8. The molecule has 1 aliphatic carbocycles. The summed E-state index contributed by atoms with van der Waals surface area (Å²) < 4.78 is 5.41. The molecule has 15 heavy (non-hydrogen) atoms. The zero-order valence-electron chi connectivity index (χ0n) is 8.91. The van der Waals surface area contributed by atoms with Crippen molar-refractivity contribution in [3.63, 3.8) is 0 Å². The number of thiocarbonyl (C=S) groups is 1. The largest absolute Gasteiger partial charge is 0.444 e. The van der Waals surface area contributed by atoms with Gasteiger partial charge in [-0.3, -0.25) is 0 Å². The third-order valence-corrected chi connectivity index (χ3v) is 2.51. The second-order valence-electron chi connectivity index (χ2n) is 3.92. The van der Waals surface area contributed by atoms with E-state index < -0.39 is 0 Å². The van der Waals surface area contributed by atoms with Gasteiger partial charge in [0.15, 0.2) is 5.11 Å². The first kappa shape index (κ1) is 10.4. The van der Waals surface area contributed by atoms with E-state index in [9.17, 15) is 0 Å². The smallest absolute Gasteiger partial charge is 0.216 e. The molecule has 4 nitrogen and oxygen atoms in total. The fraction of sp³-hybridized carbons (Fsp3) is 0.600. The molecule has 1 fully saturated rings. The molecule has 1 aromatic heterocycles. The lowest BCUT2D eigenvalue weighted by Gasteiger charge is -2.13. The number of nitrogens with one attached hydrogen (secondary N) is 2.